The lowest BCUT2D eigenvalue weighted by molar-refractivity contribution is 0.320. The Kier molecular flexibility index (Phi) is 5.96. The zero-order chi connectivity index (χ0) is 11.1. The van der Waals surface area contributed by atoms with E-state index in [2.05, 4.69) is 25.3 Å². The molecule has 2 heteroatoms. The molecule has 1 atom stereocenters. The summed E-state index contributed by atoms with van der Waals surface area (Å²) < 4.78 is 0. The van der Waals surface area contributed by atoms with E-state index in [1.54, 1.807) is 0 Å². The number of nitrogens with one attached hydrogen (secondary N) is 1. The Balaban J connectivity index is 2.52. The van der Waals surface area contributed by atoms with Crippen LogP contribution >= 0.6 is 0 Å². The van der Waals surface area contributed by atoms with Crippen molar-refractivity contribution in [3.8, 4) is 0 Å². The summed E-state index contributed by atoms with van der Waals surface area (Å²) in [6, 6.07) is 0.382. The molecule has 0 amide bonds. The summed E-state index contributed by atoms with van der Waals surface area (Å²) in [6.07, 6.45) is 11.9. The van der Waals surface area contributed by atoms with Gasteiger partial charge in [-0.3, -0.25) is 11.3 Å². The molecule has 0 saturated heterocycles. The molecule has 0 aliphatic heterocycles. The minimum Gasteiger partial charge on any atom is -0.271 e. The van der Waals surface area contributed by atoms with Crippen molar-refractivity contribution in [2.45, 2.75) is 64.8 Å². The first kappa shape index (κ1) is 12.7. The summed E-state index contributed by atoms with van der Waals surface area (Å²) in [6.45, 7) is 4.29. The van der Waals surface area contributed by atoms with Crippen LogP contribution in [0.3, 0.4) is 0 Å². The van der Waals surface area contributed by atoms with E-state index in [1.165, 1.54) is 50.5 Å². The van der Waals surface area contributed by atoms with E-state index in [4.69, 9.17) is 5.84 Å². The molecule has 1 rings (SSSR count). The minimum atomic E-state index is 0.382. The average molecular weight is 210 g/mol. The minimum absolute atomic E-state index is 0.382. The number of hydrogen-bond acceptors (Lipinski definition) is 2. The van der Waals surface area contributed by atoms with Crippen LogP contribution in [-0.4, -0.2) is 6.04 Å². The van der Waals surface area contributed by atoms with Gasteiger partial charge in [0, 0.05) is 6.04 Å². The van der Waals surface area contributed by atoms with Gasteiger partial charge in [0.05, 0.1) is 0 Å². The predicted octanol–water partition coefficient (Wildman–Crippen LogP) is 3.15. The quantitative estimate of drug-likeness (QED) is 0.426. The highest BCUT2D eigenvalue weighted by Crippen LogP contribution is 2.25. The molecule has 0 bridgehead atoms. The fourth-order valence-electron chi connectivity index (χ4n) is 2.53. The van der Waals surface area contributed by atoms with Gasteiger partial charge < -0.3 is 0 Å². The van der Waals surface area contributed by atoms with Gasteiger partial charge in [0.15, 0.2) is 0 Å². The lowest BCUT2D eigenvalue weighted by atomic mass is 9.85. The van der Waals surface area contributed by atoms with Crippen molar-refractivity contribution >= 4 is 0 Å². The Morgan fingerprint density at radius 3 is 2.13 bits per heavy atom. The second-order valence-electron chi connectivity index (χ2n) is 5.04. The van der Waals surface area contributed by atoms with Crippen LogP contribution in [0.5, 0.6) is 0 Å². The molecule has 0 aromatic carbocycles. The van der Waals surface area contributed by atoms with Gasteiger partial charge in [-0.15, -0.1) is 0 Å². The molecule has 88 valence electrons. The maximum Gasteiger partial charge on any atom is 0.0421 e. The molecule has 1 unspecified atom stereocenters. The number of hydrogen-bond donors (Lipinski definition) is 2. The predicted molar refractivity (Wildman–Crippen MR) is 66.4 cm³/mol. The van der Waals surface area contributed by atoms with Crippen LogP contribution in [-0.2, 0) is 0 Å². The molecule has 1 aliphatic rings. The molecule has 2 nitrogen and oxygen atoms in total. The van der Waals surface area contributed by atoms with Crippen molar-refractivity contribution < 1.29 is 0 Å². The van der Waals surface area contributed by atoms with E-state index in [-0.39, 0.29) is 0 Å². The third kappa shape index (κ3) is 4.80. The second kappa shape index (κ2) is 7.02. The molecule has 0 spiro atoms. The van der Waals surface area contributed by atoms with E-state index in [1.807, 2.05) is 0 Å². The number of hydrazine groups is 1. The highest BCUT2D eigenvalue weighted by molar-refractivity contribution is 5.02. The molecular weight excluding hydrogens is 184 g/mol. The van der Waals surface area contributed by atoms with Crippen LogP contribution < -0.4 is 11.3 Å². The van der Waals surface area contributed by atoms with E-state index >= 15 is 0 Å². The standard InChI is InChI=1S/C13H26N2/c1-11(2)10-13(15-14)12-8-6-4-3-5-7-9-12/h10,12-13,15H,3-9,14H2,1-2H3. The monoisotopic (exact) mass is 210 g/mol. The molecule has 0 aromatic rings. The smallest absolute Gasteiger partial charge is 0.0421 e. The lowest BCUT2D eigenvalue weighted by Crippen LogP contribution is -2.39. The van der Waals surface area contributed by atoms with Gasteiger partial charge in [0.1, 0.15) is 0 Å². The van der Waals surface area contributed by atoms with Gasteiger partial charge in [-0.05, 0) is 32.6 Å². The maximum absolute atomic E-state index is 5.65. The van der Waals surface area contributed by atoms with E-state index in [0.29, 0.717) is 6.04 Å². The Labute approximate surface area is 94.3 Å². The third-order valence-electron chi connectivity index (χ3n) is 3.36. The summed E-state index contributed by atoms with van der Waals surface area (Å²) in [4.78, 5) is 0. The number of allylic oxidation sites excluding steroid dienone is 1. The van der Waals surface area contributed by atoms with Gasteiger partial charge in [-0.1, -0.05) is 43.8 Å². The maximum atomic E-state index is 5.65. The fraction of sp³-hybridized carbons (Fsp3) is 0.846. The molecule has 1 aliphatic carbocycles. The van der Waals surface area contributed by atoms with Crippen molar-refractivity contribution in [2.75, 3.05) is 0 Å². The molecular formula is C13H26N2. The summed E-state index contributed by atoms with van der Waals surface area (Å²) in [5, 5.41) is 0. The molecule has 15 heavy (non-hydrogen) atoms. The van der Waals surface area contributed by atoms with Crippen molar-refractivity contribution in [2.24, 2.45) is 11.8 Å². The van der Waals surface area contributed by atoms with Gasteiger partial charge in [0.25, 0.3) is 0 Å². The highest BCUT2D eigenvalue weighted by atomic mass is 15.2. The SMILES string of the molecule is CC(C)=CC(NN)C1CCCCCCC1. The zero-order valence-electron chi connectivity index (χ0n) is 10.3. The first-order chi connectivity index (χ1) is 7.24. The Bertz CT molecular complexity index is 187. The van der Waals surface area contributed by atoms with Gasteiger partial charge in [-0.25, -0.2) is 0 Å². The first-order valence-corrected chi connectivity index (χ1v) is 6.35. The molecule has 0 radical (unpaired) electrons. The normalized spacial score (nSPS) is 21.5. The van der Waals surface area contributed by atoms with Crippen LogP contribution in [0.15, 0.2) is 11.6 Å². The Hall–Kier alpha value is -0.340. The average Bonchev–Trinajstić information content (AvgIpc) is 2.14. The van der Waals surface area contributed by atoms with Gasteiger partial charge >= 0.3 is 0 Å². The summed E-state index contributed by atoms with van der Waals surface area (Å²) in [5.74, 6) is 6.39. The van der Waals surface area contributed by atoms with E-state index < -0.39 is 0 Å². The van der Waals surface area contributed by atoms with Crippen LogP contribution in [0.4, 0.5) is 0 Å². The molecule has 0 heterocycles. The number of rotatable bonds is 3. The summed E-state index contributed by atoms with van der Waals surface area (Å²) >= 11 is 0. The largest absolute Gasteiger partial charge is 0.271 e. The highest BCUT2D eigenvalue weighted by Gasteiger charge is 2.18. The van der Waals surface area contributed by atoms with Crippen LogP contribution in [0, 0.1) is 5.92 Å². The Morgan fingerprint density at radius 2 is 1.67 bits per heavy atom. The second-order valence-corrected chi connectivity index (χ2v) is 5.04. The molecule has 0 aromatic heterocycles. The van der Waals surface area contributed by atoms with Crippen molar-refractivity contribution in [3.63, 3.8) is 0 Å². The zero-order valence-corrected chi connectivity index (χ0v) is 10.3. The summed E-state index contributed by atoms with van der Waals surface area (Å²) in [5.41, 5.74) is 4.34. The van der Waals surface area contributed by atoms with E-state index in [9.17, 15) is 0 Å². The third-order valence-corrected chi connectivity index (χ3v) is 3.36. The van der Waals surface area contributed by atoms with Crippen LogP contribution in [0.25, 0.3) is 0 Å². The topological polar surface area (TPSA) is 38.0 Å². The van der Waals surface area contributed by atoms with Crippen molar-refractivity contribution in [1.29, 1.82) is 0 Å². The molecule has 1 saturated carbocycles. The van der Waals surface area contributed by atoms with Crippen LogP contribution in [0.2, 0.25) is 0 Å². The summed E-state index contributed by atoms with van der Waals surface area (Å²) in [7, 11) is 0. The lowest BCUT2D eigenvalue weighted by Gasteiger charge is -2.26. The van der Waals surface area contributed by atoms with Gasteiger partial charge in [-0.2, -0.15) is 0 Å². The first-order valence-electron chi connectivity index (χ1n) is 6.35. The molecule has 3 N–H and O–H groups in total. The molecule has 1 fully saturated rings. The van der Waals surface area contributed by atoms with Gasteiger partial charge in [0.2, 0.25) is 0 Å². The Morgan fingerprint density at radius 1 is 1.13 bits per heavy atom. The fourth-order valence-corrected chi connectivity index (χ4v) is 2.53. The van der Waals surface area contributed by atoms with E-state index in [0.717, 1.165) is 5.92 Å². The van der Waals surface area contributed by atoms with Crippen LogP contribution in [0.1, 0.15) is 58.8 Å². The number of nitrogens with two attached hydrogens (primary N) is 1. The van der Waals surface area contributed by atoms with Crippen molar-refractivity contribution in [1.82, 2.24) is 5.43 Å². The van der Waals surface area contributed by atoms with Crippen molar-refractivity contribution in [3.05, 3.63) is 11.6 Å².